The quantitative estimate of drug-likeness (QED) is 0.337. The van der Waals surface area contributed by atoms with Gasteiger partial charge in [0.2, 0.25) is 0 Å². The summed E-state index contributed by atoms with van der Waals surface area (Å²) < 4.78 is 11.9. The molecule has 0 saturated carbocycles. The van der Waals surface area contributed by atoms with Crippen molar-refractivity contribution in [3.05, 3.63) is 23.9 Å². The maximum absolute atomic E-state index is 6.14. The number of aromatic nitrogens is 1. The molecule has 0 spiro atoms. The first-order chi connectivity index (χ1) is 14.8. The number of rotatable bonds is 6. The lowest BCUT2D eigenvalue weighted by molar-refractivity contribution is -0.0721. The van der Waals surface area contributed by atoms with Crippen LogP contribution in [0.3, 0.4) is 0 Å². The van der Waals surface area contributed by atoms with Crippen LogP contribution in [0.25, 0.3) is 0 Å². The summed E-state index contributed by atoms with van der Waals surface area (Å²) in [7, 11) is 1.86. The van der Waals surface area contributed by atoms with Gasteiger partial charge in [-0.2, -0.15) is 0 Å². The molecule has 0 aromatic carbocycles. The SMILES string of the molecule is CN=C(NCc1ccc(N2CCCC2)nc1)N1CCC(OCC2CCCCO2)CC1.I. The zero-order chi connectivity index (χ0) is 20.6. The standard InChI is InChI=1S/C23H37N5O2.HI/c1-24-23(26-17-19-7-8-22(25-16-19)27-11-3-4-12-27)28-13-9-20(10-14-28)30-18-21-6-2-5-15-29-21;/h7-8,16,20-21H,2-6,9-15,17-18H2,1H3,(H,24,26);1H. The van der Waals surface area contributed by atoms with E-state index in [1.54, 1.807) is 0 Å². The van der Waals surface area contributed by atoms with Crippen LogP contribution in [0.5, 0.6) is 0 Å². The molecule has 0 radical (unpaired) electrons. The van der Waals surface area contributed by atoms with E-state index in [1.165, 1.54) is 31.2 Å². The first-order valence-electron chi connectivity index (χ1n) is 11.7. The predicted octanol–water partition coefficient (Wildman–Crippen LogP) is 3.43. The van der Waals surface area contributed by atoms with Gasteiger partial charge in [-0.25, -0.2) is 4.98 Å². The third-order valence-electron chi connectivity index (χ3n) is 6.43. The number of aliphatic imine (C=N–C) groups is 1. The molecule has 1 N–H and O–H groups in total. The fourth-order valence-electron chi connectivity index (χ4n) is 4.58. The molecule has 8 heteroatoms. The minimum absolute atomic E-state index is 0. The van der Waals surface area contributed by atoms with Crippen LogP contribution in [0, 0.1) is 0 Å². The van der Waals surface area contributed by atoms with Gasteiger partial charge in [0.1, 0.15) is 5.82 Å². The molecule has 4 rings (SSSR count). The number of guanidine groups is 1. The average molecular weight is 543 g/mol. The van der Waals surface area contributed by atoms with Crippen LogP contribution in [0.4, 0.5) is 5.82 Å². The van der Waals surface area contributed by atoms with Crippen LogP contribution in [0.2, 0.25) is 0 Å². The van der Waals surface area contributed by atoms with E-state index in [4.69, 9.17) is 9.47 Å². The summed E-state index contributed by atoms with van der Waals surface area (Å²) in [5.74, 6) is 2.06. The Hall–Kier alpha value is -1.13. The van der Waals surface area contributed by atoms with Gasteiger partial charge >= 0.3 is 0 Å². The second-order valence-electron chi connectivity index (χ2n) is 8.63. The zero-order valence-electron chi connectivity index (χ0n) is 18.8. The molecule has 0 bridgehead atoms. The first-order valence-corrected chi connectivity index (χ1v) is 11.7. The molecular weight excluding hydrogens is 505 g/mol. The summed E-state index contributed by atoms with van der Waals surface area (Å²) in [5, 5.41) is 3.50. The molecule has 174 valence electrons. The molecule has 4 heterocycles. The van der Waals surface area contributed by atoms with E-state index in [0.29, 0.717) is 12.2 Å². The maximum Gasteiger partial charge on any atom is 0.193 e. The molecule has 3 aliphatic heterocycles. The number of anilines is 1. The van der Waals surface area contributed by atoms with Crippen molar-refractivity contribution in [1.29, 1.82) is 0 Å². The first kappa shape index (κ1) is 24.5. The fraction of sp³-hybridized carbons (Fsp3) is 0.739. The van der Waals surface area contributed by atoms with Crippen LogP contribution >= 0.6 is 24.0 Å². The van der Waals surface area contributed by atoms with Crippen molar-refractivity contribution < 1.29 is 9.47 Å². The molecule has 1 unspecified atom stereocenters. The number of nitrogens with zero attached hydrogens (tertiary/aromatic N) is 4. The minimum atomic E-state index is 0. The topological polar surface area (TPSA) is 62.2 Å². The van der Waals surface area contributed by atoms with Crippen molar-refractivity contribution in [3.63, 3.8) is 0 Å². The minimum Gasteiger partial charge on any atom is -0.376 e. The lowest BCUT2D eigenvalue weighted by Crippen LogP contribution is -2.47. The van der Waals surface area contributed by atoms with Crippen LogP contribution in [-0.4, -0.2) is 74.5 Å². The van der Waals surface area contributed by atoms with Crippen LogP contribution in [-0.2, 0) is 16.0 Å². The van der Waals surface area contributed by atoms with Gasteiger partial charge in [0.15, 0.2) is 5.96 Å². The van der Waals surface area contributed by atoms with Crippen LogP contribution in [0.15, 0.2) is 23.3 Å². The van der Waals surface area contributed by atoms with Crippen LogP contribution < -0.4 is 10.2 Å². The summed E-state index contributed by atoms with van der Waals surface area (Å²) in [6.45, 7) is 6.59. The Morgan fingerprint density at radius 2 is 1.94 bits per heavy atom. The summed E-state index contributed by atoms with van der Waals surface area (Å²) in [6, 6.07) is 4.32. The largest absolute Gasteiger partial charge is 0.376 e. The molecule has 1 aromatic heterocycles. The van der Waals surface area contributed by atoms with Gasteiger partial charge in [-0.05, 0) is 56.6 Å². The van der Waals surface area contributed by atoms with E-state index in [9.17, 15) is 0 Å². The smallest absolute Gasteiger partial charge is 0.193 e. The second kappa shape index (κ2) is 12.8. The van der Waals surface area contributed by atoms with Crippen molar-refractivity contribution >= 4 is 35.8 Å². The molecule has 3 saturated heterocycles. The van der Waals surface area contributed by atoms with Crippen molar-refractivity contribution in [2.75, 3.05) is 51.3 Å². The third kappa shape index (κ3) is 7.18. The van der Waals surface area contributed by atoms with Gasteiger partial charge in [-0.3, -0.25) is 4.99 Å². The summed E-state index contributed by atoms with van der Waals surface area (Å²) in [5.41, 5.74) is 1.18. The Labute approximate surface area is 204 Å². The Bertz CT molecular complexity index is 667. The highest BCUT2D eigenvalue weighted by molar-refractivity contribution is 14.0. The lowest BCUT2D eigenvalue weighted by Gasteiger charge is -2.35. The third-order valence-corrected chi connectivity index (χ3v) is 6.43. The average Bonchev–Trinajstić information content (AvgIpc) is 3.35. The number of pyridine rings is 1. The Morgan fingerprint density at radius 3 is 2.58 bits per heavy atom. The number of piperidine rings is 1. The van der Waals surface area contributed by atoms with E-state index in [2.05, 4.69) is 37.2 Å². The van der Waals surface area contributed by atoms with E-state index >= 15 is 0 Å². The van der Waals surface area contributed by atoms with E-state index in [1.807, 2.05) is 13.2 Å². The molecular formula is C23H38IN5O2. The maximum atomic E-state index is 6.14. The summed E-state index contributed by atoms with van der Waals surface area (Å²) >= 11 is 0. The monoisotopic (exact) mass is 543 g/mol. The summed E-state index contributed by atoms with van der Waals surface area (Å²) in [6.07, 6.45) is 10.9. The van der Waals surface area contributed by atoms with E-state index < -0.39 is 0 Å². The Kier molecular flexibility index (Phi) is 10.1. The van der Waals surface area contributed by atoms with Gasteiger partial charge in [0.05, 0.1) is 18.8 Å². The number of halogens is 1. The molecule has 0 amide bonds. The second-order valence-corrected chi connectivity index (χ2v) is 8.63. The molecule has 31 heavy (non-hydrogen) atoms. The Balaban J connectivity index is 0.00000272. The number of hydrogen-bond acceptors (Lipinski definition) is 5. The normalized spacial score (nSPS) is 23.0. The highest BCUT2D eigenvalue weighted by Gasteiger charge is 2.23. The fourth-order valence-corrected chi connectivity index (χ4v) is 4.58. The number of hydrogen-bond donors (Lipinski definition) is 1. The van der Waals surface area contributed by atoms with Gasteiger partial charge < -0.3 is 24.6 Å². The Morgan fingerprint density at radius 1 is 1.13 bits per heavy atom. The van der Waals surface area contributed by atoms with Gasteiger partial charge in [0.25, 0.3) is 0 Å². The molecule has 0 aliphatic carbocycles. The lowest BCUT2D eigenvalue weighted by atomic mass is 10.1. The van der Waals surface area contributed by atoms with E-state index in [-0.39, 0.29) is 24.0 Å². The highest BCUT2D eigenvalue weighted by atomic mass is 127. The van der Waals surface area contributed by atoms with E-state index in [0.717, 1.165) is 77.0 Å². The molecule has 1 aromatic rings. The predicted molar refractivity (Wildman–Crippen MR) is 135 cm³/mol. The van der Waals surface area contributed by atoms with Gasteiger partial charge in [0, 0.05) is 52.6 Å². The van der Waals surface area contributed by atoms with Crippen molar-refractivity contribution in [2.24, 2.45) is 4.99 Å². The molecule has 7 nitrogen and oxygen atoms in total. The molecule has 3 fully saturated rings. The van der Waals surface area contributed by atoms with Gasteiger partial charge in [-0.15, -0.1) is 24.0 Å². The molecule has 3 aliphatic rings. The number of ether oxygens (including phenoxy) is 2. The zero-order valence-corrected chi connectivity index (χ0v) is 21.1. The number of nitrogens with one attached hydrogen (secondary N) is 1. The van der Waals surface area contributed by atoms with Crippen LogP contribution in [0.1, 0.15) is 50.5 Å². The van der Waals surface area contributed by atoms with Crippen molar-refractivity contribution in [2.45, 2.75) is 63.7 Å². The van der Waals surface area contributed by atoms with Gasteiger partial charge in [-0.1, -0.05) is 6.07 Å². The van der Waals surface area contributed by atoms with Crippen molar-refractivity contribution in [1.82, 2.24) is 15.2 Å². The number of likely N-dealkylation sites (tertiary alicyclic amines) is 1. The highest BCUT2D eigenvalue weighted by Crippen LogP contribution is 2.19. The summed E-state index contributed by atoms with van der Waals surface area (Å²) in [4.78, 5) is 13.8. The van der Waals surface area contributed by atoms with Crippen molar-refractivity contribution in [3.8, 4) is 0 Å². The molecule has 1 atom stereocenters.